The van der Waals surface area contributed by atoms with Gasteiger partial charge < -0.3 is 5.11 Å². The van der Waals surface area contributed by atoms with Gasteiger partial charge in [-0.1, -0.05) is 56.4 Å². The molecule has 21 heavy (non-hydrogen) atoms. The van der Waals surface area contributed by atoms with Crippen molar-refractivity contribution in [2.45, 2.75) is 77.6 Å². The van der Waals surface area contributed by atoms with E-state index in [2.05, 4.69) is 32.1 Å². The number of phenolic OH excluding ortho intramolecular Hbond substituents is 1. The van der Waals surface area contributed by atoms with Crippen LogP contribution in [-0.4, -0.2) is 5.11 Å². The molecule has 0 aromatic heterocycles. The number of hydrogen-bond donors (Lipinski definition) is 1. The number of aryl methyl sites for hydroxylation is 1. The summed E-state index contributed by atoms with van der Waals surface area (Å²) < 4.78 is 0. The van der Waals surface area contributed by atoms with E-state index in [1.165, 1.54) is 62.5 Å². The predicted molar refractivity (Wildman–Crippen MR) is 90.9 cm³/mol. The summed E-state index contributed by atoms with van der Waals surface area (Å²) in [7, 11) is 0. The Kier molecular flexibility index (Phi) is 6.35. The number of hydrogen-bond acceptors (Lipinski definition) is 1. The molecule has 1 unspecified atom stereocenters. The van der Waals surface area contributed by atoms with Gasteiger partial charge in [0.2, 0.25) is 0 Å². The molecule has 0 heterocycles. The Hall–Kier alpha value is -1.24. The fourth-order valence-corrected chi connectivity index (χ4v) is 3.35. The minimum Gasteiger partial charge on any atom is -0.508 e. The van der Waals surface area contributed by atoms with Crippen LogP contribution in [0.5, 0.6) is 5.75 Å². The highest BCUT2D eigenvalue weighted by molar-refractivity contribution is 5.41. The molecule has 1 aliphatic carbocycles. The SMILES string of the molecule is CCCCCCCc1ccc(C2C=C(C)CCC2)c(O)c1. The lowest BCUT2D eigenvalue weighted by Crippen LogP contribution is -2.02. The number of allylic oxidation sites excluding steroid dienone is 2. The molecule has 1 aromatic rings. The van der Waals surface area contributed by atoms with Crippen molar-refractivity contribution in [3.8, 4) is 5.75 Å². The number of phenols is 1. The van der Waals surface area contributed by atoms with Gasteiger partial charge in [0.1, 0.15) is 5.75 Å². The maximum Gasteiger partial charge on any atom is 0.119 e. The molecule has 1 aromatic carbocycles. The standard InChI is InChI=1S/C20H30O/c1-3-4-5-6-7-10-17-12-13-19(20(21)15-17)18-11-8-9-16(2)14-18/h12-15,18,21H,3-11H2,1-2H3. The predicted octanol–water partition coefficient (Wildman–Crippen LogP) is 6.12. The topological polar surface area (TPSA) is 20.2 Å². The Labute approximate surface area is 130 Å². The average Bonchev–Trinajstić information content (AvgIpc) is 2.47. The zero-order valence-corrected chi connectivity index (χ0v) is 13.7. The fourth-order valence-electron chi connectivity index (χ4n) is 3.35. The van der Waals surface area contributed by atoms with Crippen molar-refractivity contribution in [3.05, 3.63) is 41.0 Å². The van der Waals surface area contributed by atoms with Gasteiger partial charge in [-0.05, 0) is 50.7 Å². The monoisotopic (exact) mass is 286 g/mol. The minimum atomic E-state index is 0.414. The number of benzene rings is 1. The lowest BCUT2D eigenvalue weighted by Gasteiger charge is -2.21. The summed E-state index contributed by atoms with van der Waals surface area (Å²) in [6.45, 7) is 4.45. The molecule has 0 bridgehead atoms. The lowest BCUT2D eigenvalue weighted by molar-refractivity contribution is 0.460. The van der Waals surface area contributed by atoms with E-state index in [1.54, 1.807) is 0 Å². The molecule has 0 spiro atoms. The molecule has 0 saturated carbocycles. The Morgan fingerprint density at radius 2 is 1.95 bits per heavy atom. The first-order valence-electron chi connectivity index (χ1n) is 8.69. The Morgan fingerprint density at radius 3 is 2.67 bits per heavy atom. The van der Waals surface area contributed by atoms with Gasteiger partial charge in [0.05, 0.1) is 0 Å². The van der Waals surface area contributed by atoms with Crippen LogP contribution in [0.3, 0.4) is 0 Å². The largest absolute Gasteiger partial charge is 0.508 e. The third-order valence-corrected chi connectivity index (χ3v) is 4.64. The van der Waals surface area contributed by atoms with Crippen molar-refractivity contribution in [1.82, 2.24) is 0 Å². The smallest absolute Gasteiger partial charge is 0.119 e. The van der Waals surface area contributed by atoms with Crippen LogP contribution in [0.15, 0.2) is 29.8 Å². The van der Waals surface area contributed by atoms with Gasteiger partial charge in [0.25, 0.3) is 0 Å². The summed E-state index contributed by atoms with van der Waals surface area (Å²) in [5.41, 5.74) is 3.86. The molecule has 0 fully saturated rings. The maximum absolute atomic E-state index is 10.3. The first kappa shape index (κ1) is 16.1. The van der Waals surface area contributed by atoms with Crippen molar-refractivity contribution >= 4 is 0 Å². The molecule has 1 N–H and O–H groups in total. The van der Waals surface area contributed by atoms with Gasteiger partial charge in [0.15, 0.2) is 0 Å². The van der Waals surface area contributed by atoms with Crippen LogP contribution in [-0.2, 0) is 6.42 Å². The molecular formula is C20H30O. The molecule has 116 valence electrons. The van der Waals surface area contributed by atoms with Gasteiger partial charge in [-0.3, -0.25) is 0 Å². The first-order chi connectivity index (χ1) is 10.2. The van der Waals surface area contributed by atoms with E-state index < -0.39 is 0 Å². The van der Waals surface area contributed by atoms with Gasteiger partial charge >= 0.3 is 0 Å². The van der Waals surface area contributed by atoms with Crippen LogP contribution < -0.4 is 0 Å². The van der Waals surface area contributed by atoms with Gasteiger partial charge in [-0.2, -0.15) is 0 Å². The molecule has 1 heteroatoms. The van der Waals surface area contributed by atoms with E-state index in [9.17, 15) is 5.11 Å². The van der Waals surface area contributed by atoms with Crippen LogP contribution >= 0.6 is 0 Å². The number of unbranched alkanes of at least 4 members (excludes halogenated alkanes) is 4. The Bertz CT molecular complexity index is 473. The molecule has 1 atom stereocenters. The van der Waals surface area contributed by atoms with Crippen LogP contribution in [0.1, 0.15) is 82.3 Å². The van der Waals surface area contributed by atoms with Crippen LogP contribution in [0.4, 0.5) is 0 Å². The quantitative estimate of drug-likeness (QED) is 0.473. The van der Waals surface area contributed by atoms with E-state index in [4.69, 9.17) is 0 Å². The second-order valence-electron chi connectivity index (χ2n) is 6.57. The Balaban J connectivity index is 1.93. The minimum absolute atomic E-state index is 0.414. The highest BCUT2D eigenvalue weighted by atomic mass is 16.3. The molecule has 1 nitrogen and oxygen atoms in total. The van der Waals surface area contributed by atoms with Gasteiger partial charge in [-0.25, -0.2) is 0 Å². The highest BCUT2D eigenvalue weighted by Crippen LogP contribution is 2.36. The summed E-state index contributed by atoms with van der Waals surface area (Å²) in [5, 5.41) is 10.3. The maximum atomic E-state index is 10.3. The van der Waals surface area contributed by atoms with Crippen molar-refractivity contribution in [3.63, 3.8) is 0 Å². The summed E-state index contributed by atoms with van der Waals surface area (Å²) in [6, 6.07) is 6.36. The number of aromatic hydroxyl groups is 1. The van der Waals surface area contributed by atoms with Crippen LogP contribution in [0.2, 0.25) is 0 Å². The first-order valence-corrected chi connectivity index (χ1v) is 8.69. The third-order valence-electron chi connectivity index (χ3n) is 4.64. The van der Waals surface area contributed by atoms with E-state index in [-0.39, 0.29) is 0 Å². The zero-order chi connectivity index (χ0) is 15.1. The second kappa shape index (κ2) is 8.26. The van der Waals surface area contributed by atoms with Gasteiger partial charge in [-0.15, -0.1) is 0 Å². The average molecular weight is 286 g/mol. The van der Waals surface area contributed by atoms with E-state index >= 15 is 0 Å². The lowest BCUT2D eigenvalue weighted by atomic mass is 9.85. The summed E-state index contributed by atoms with van der Waals surface area (Å²) in [4.78, 5) is 0. The zero-order valence-electron chi connectivity index (χ0n) is 13.7. The highest BCUT2D eigenvalue weighted by Gasteiger charge is 2.16. The second-order valence-corrected chi connectivity index (χ2v) is 6.57. The molecule has 0 radical (unpaired) electrons. The molecule has 0 amide bonds. The van der Waals surface area contributed by atoms with Crippen molar-refractivity contribution < 1.29 is 5.11 Å². The summed E-state index contributed by atoms with van der Waals surface area (Å²) in [6.07, 6.45) is 13.6. The number of rotatable bonds is 7. The summed E-state index contributed by atoms with van der Waals surface area (Å²) in [5.74, 6) is 0.911. The molecule has 0 saturated heterocycles. The van der Waals surface area contributed by atoms with E-state index in [0.717, 1.165) is 12.0 Å². The molecule has 1 aliphatic rings. The van der Waals surface area contributed by atoms with Crippen molar-refractivity contribution in [1.29, 1.82) is 0 Å². The Morgan fingerprint density at radius 1 is 1.14 bits per heavy atom. The van der Waals surface area contributed by atoms with Crippen molar-refractivity contribution in [2.75, 3.05) is 0 Å². The normalized spacial score (nSPS) is 18.6. The van der Waals surface area contributed by atoms with Gasteiger partial charge in [0, 0.05) is 11.5 Å². The van der Waals surface area contributed by atoms with Crippen LogP contribution in [0, 0.1) is 0 Å². The van der Waals surface area contributed by atoms with Crippen LogP contribution in [0.25, 0.3) is 0 Å². The fraction of sp³-hybridized carbons (Fsp3) is 0.600. The molecular weight excluding hydrogens is 256 g/mol. The third kappa shape index (κ3) is 4.91. The van der Waals surface area contributed by atoms with Crippen molar-refractivity contribution in [2.24, 2.45) is 0 Å². The van der Waals surface area contributed by atoms with E-state index in [0.29, 0.717) is 11.7 Å². The molecule has 0 aliphatic heterocycles. The summed E-state index contributed by atoms with van der Waals surface area (Å²) >= 11 is 0. The molecule has 2 rings (SSSR count). The van der Waals surface area contributed by atoms with E-state index in [1.807, 2.05) is 6.07 Å².